The lowest BCUT2D eigenvalue weighted by atomic mass is 10.1. The lowest BCUT2D eigenvalue weighted by Gasteiger charge is -2.14. The zero-order chi connectivity index (χ0) is 16.3. The molecule has 3 N–H and O–H groups in total. The molecule has 0 bridgehead atoms. The van der Waals surface area contributed by atoms with Gasteiger partial charge >= 0.3 is 0 Å². The maximum absolute atomic E-state index is 12.0. The minimum Gasteiger partial charge on any atom is -0.345 e. The second-order valence-corrected chi connectivity index (χ2v) is 5.70. The van der Waals surface area contributed by atoms with Crippen LogP contribution in [0.4, 0.5) is 5.69 Å². The molecule has 1 aromatic rings. The van der Waals surface area contributed by atoms with Gasteiger partial charge in [0.1, 0.15) is 6.04 Å². The molecule has 0 saturated carbocycles. The Kier molecular flexibility index (Phi) is 4.80. The van der Waals surface area contributed by atoms with Crippen molar-refractivity contribution in [2.75, 3.05) is 11.9 Å². The average molecular weight is 303 g/mol. The second kappa shape index (κ2) is 6.60. The molecular formula is C16H21N3O3. The molecule has 0 aromatic heterocycles. The van der Waals surface area contributed by atoms with Crippen LogP contribution < -0.4 is 16.0 Å². The lowest BCUT2D eigenvalue weighted by Crippen LogP contribution is -2.44. The molecule has 22 heavy (non-hydrogen) atoms. The first kappa shape index (κ1) is 16.0. The topological polar surface area (TPSA) is 87.3 Å². The van der Waals surface area contributed by atoms with E-state index in [0.717, 1.165) is 22.4 Å². The summed E-state index contributed by atoms with van der Waals surface area (Å²) in [7, 11) is 0. The minimum atomic E-state index is -0.525. The van der Waals surface area contributed by atoms with Gasteiger partial charge in [0.15, 0.2) is 0 Å². The molecule has 2 rings (SSSR count). The van der Waals surface area contributed by atoms with E-state index in [-0.39, 0.29) is 24.3 Å². The number of hydrogen-bond acceptors (Lipinski definition) is 3. The number of aryl methyl sites for hydroxylation is 3. The van der Waals surface area contributed by atoms with Crippen molar-refractivity contribution in [1.82, 2.24) is 10.6 Å². The number of anilines is 1. The van der Waals surface area contributed by atoms with Crippen molar-refractivity contribution in [3.8, 4) is 0 Å². The number of nitrogens with one attached hydrogen (secondary N) is 3. The van der Waals surface area contributed by atoms with E-state index in [4.69, 9.17) is 0 Å². The average Bonchev–Trinajstić information content (AvgIpc) is 2.87. The summed E-state index contributed by atoms with van der Waals surface area (Å²) in [6.45, 7) is 5.75. The Morgan fingerprint density at radius 3 is 2.41 bits per heavy atom. The third-order valence-corrected chi connectivity index (χ3v) is 3.68. The van der Waals surface area contributed by atoms with Gasteiger partial charge in [0.25, 0.3) is 0 Å². The van der Waals surface area contributed by atoms with E-state index in [1.54, 1.807) is 0 Å². The van der Waals surface area contributed by atoms with Crippen LogP contribution in [0.1, 0.15) is 29.5 Å². The zero-order valence-corrected chi connectivity index (χ0v) is 13.1. The van der Waals surface area contributed by atoms with E-state index in [1.807, 2.05) is 32.9 Å². The maximum atomic E-state index is 12.0. The Morgan fingerprint density at radius 2 is 1.86 bits per heavy atom. The first-order chi connectivity index (χ1) is 10.4. The van der Waals surface area contributed by atoms with Gasteiger partial charge in [-0.15, -0.1) is 0 Å². The molecule has 0 aliphatic carbocycles. The first-order valence-corrected chi connectivity index (χ1v) is 7.31. The molecule has 0 spiro atoms. The third-order valence-electron chi connectivity index (χ3n) is 3.68. The van der Waals surface area contributed by atoms with Crippen molar-refractivity contribution in [3.63, 3.8) is 0 Å². The summed E-state index contributed by atoms with van der Waals surface area (Å²) in [6, 6.07) is 3.47. The van der Waals surface area contributed by atoms with Crippen molar-refractivity contribution < 1.29 is 14.4 Å². The Hall–Kier alpha value is -2.37. The molecule has 3 amide bonds. The summed E-state index contributed by atoms with van der Waals surface area (Å²) < 4.78 is 0. The molecule has 1 saturated heterocycles. The zero-order valence-electron chi connectivity index (χ0n) is 13.1. The smallest absolute Gasteiger partial charge is 0.243 e. The van der Waals surface area contributed by atoms with Crippen molar-refractivity contribution in [1.29, 1.82) is 0 Å². The van der Waals surface area contributed by atoms with Crippen LogP contribution in [0.15, 0.2) is 12.1 Å². The van der Waals surface area contributed by atoms with E-state index in [9.17, 15) is 14.4 Å². The number of benzene rings is 1. The first-order valence-electron chi connectivity index (χ1n) is 7.31. The summed E-state index contributed by atoms with van der Waals surface area (Å²) >= 11 is 0. The van der Waals surface area contributed by atoms with Gasteiger partial charge in [0.2, 0.25) is 17.7 Å². The summed E-state index contributed by atoms with van der Waals surface area (Å²) in [5.74, 6) is -0.735. The fraction of sp³-hybridized carbons (Fsp3) is 0.438. The Morgan fingerprint density at radius 1 is 1.23 bits per heavy atom. The SMILES string of the molecule is Cc1cc(C)c(NC(=O)CNC(=O)C2CCC(=O)N2)c(C)c1. The molecule has 1 fully saturated rings. The van der Waals surface area contributed by atoms with E-state index < -0.39 is 6.04 Å². The standard InChI is InChI=1S/C16H21N3O3/c1-9-6-10(2)15(11(3)7-9)19-14(21)8-17-16(22)12-4-5-13(20)18-12/h6-7,12H,4-5,8H2,1-3H3,(H,17,22)(H,18,20)(H,19,21). The molecule has 1 unspecified atom stereocenters. The summed E-state index contributed by atoms with van der Waals surface area (Å²) in [4.78, 5) is 34.9. The van der Waals surface area contributed by atoms with Gasteiger partial charge in [-0.25, -0.2) is 0 Å². The normalized spacial score (nSPS) is 17.0. The Bertz CT molecular complexity index is 602. The van der Waals surface area contributed by atoms with E-state index in [0.29, 0.717) is 12.8 Å². The van der Waals surface area contributed by atoms with Crippen LogP contribution in [0.3, 0.4) is 0 Å². The molecule has 1 aromatic carbocycles. The van der Waals surface area contributed by atoms with Crippen LogP contribution in [0, 0.1) is 20.8 Å². The van der Waals surface area contributed by atoms with E-state index >= 15 is 0 Å². The maximum Gasteiger partial charge on any atom is 0.243 e. The number of hydrogen-bond donors (Lipinski definition) is 3. The highest BCUT2D eigenvalue weighted by molar-refractivity contribution is 5.97. The molecule has 6 heteroatoms. The molecule has 6 nitrogen and oxygen atoms in total. The molecule has 1 aliphatic rings. The van der Waals surface area contributed by atoms with Crippen LogP contribution >= 0.6 is 0 Å². The predicted octanol–water partition coefficient (Wildman–Crippen LogP) is 0.945. The Labute approximate surface area is 129 Å². The van der Waals surface area contributed by atoms with Crippen LogP contribution in [0.25, 0.3) is 0 Å². The Balaban J connectivity index is 1.88. The summed E-state index contributed by atoms with van der Waals surface area (Å²) in [5.41, 5.74) is 3.89. The highest BCUT2D eigenvalue weighted by Gasteiger charge is 2.27. The molecule has 1 aliphatic heterocycles. The quantitative estimate of drug-likeness (QED) is 0.774. The summed E-state index contributed by atoms with van der Waals surface area (Å²) in [5, 5.41) is 7.94. The van der Waals surface area contributed by atoms with Crippen molar-refractivity contribution in [2.45, 2.75) is 39.7 Å². The highest BCUT2D eigenvalue weighted by atomic mass is 16.2. The number of carbonyl (C=O) groups is 3. The summed E-state index contributed by atoms with van der Waals surface area (Å²) in [6.07, 6.45) is 0.828. The van der Waals surface area contributed by atoms with Gasteiger partial charge in [-0.05, 0) is 38.3 Å². The highest BCUT2D eigenvalue weighted by Crippen LogP contribution is 2.21. The largest absolute Gasteiger partial charge is 0.345 e. The van der Waals surface area contributed by atoms with Crippen LogP contribution in [-0.2, 0) is 14.4 Å². The van der Waals surface area contributed by atoms with Gasteiger partial charge in [0.05, 0.1) is 6.54 Å². The van der Waals surface area contributed by atoms with Crippen molar-refractivity contribution in [3.05, 3.63) is 28.8 Å². The van der Waals surface area contributed by atoms with Crippen LogP contribution in [-0.4, -0.2) is 30.3 Å². The van der Waals surface area contributed by atoms with Crippen molar-refractivity contribution in [2.24, 2.45) is 0 Å². The lowest BCUT2D eigenvalue weighted by molar-refractivity contribution is -0.127. The minimum absolute atomic E-state index is 0.113. The van der Waals surface area contributed by atoms with Gasteiger partial charge in [-0.2, -0.15) is 0 Å². The molecule has 1 atom stereocenters. The van der Waals surface area contributed by atoms with Crippen LogP contribution in [0.2, 0.25) is 0 Å². The van der Waals surface area contributed by atoms with Gasteiger partial charge < -0.3 is 16.0 Å². The fourth-order valence-corrected chi connectivity index (χ4v) is 2.66. The van der Waals surface area contributed by atoms with E-state index in [2.05, 4.69) is 16.0 Å². The third kappa shape index (κ3) is 3.84. The molecular weight excluding hydrogens is 282 g/mol. The molecule has 0 radical (unpaired) electrons. The number of rotatable bonds is 4. The molecule has 118 valence electrons. The van der Waals surface area contributed by atoms with Gasteiger partial charge in [-0.1, -0.05) is 17.7 Å². The van der Waals surface area contributed by atoms with Gasteiger partial charge in [0, 0.05) is 12.1 Å². The van der Waals surface area contributed by atoms with Crippen molar-refractivity contribution >= 4 is 23.4 Å². The monoisotopic (exact) mass is 303 g/mol. The van der Waals surface area contributed by atoms with E-state index in [1.165, 1.54) is 0 Å². The number of carbonyl (C=O) groups excluding carboxylic acids is 3. The fourth-order valence-electron chi connectivity index (χ4n) is 2.66. The number of amides is 3. The van der Waals surface area contributed by atoms with Crippen LogP contribution in [0.5, 0.6) is 0 Å². The predicted molar refractivity (Wildman–Crippen MR) is 83.5 cm³/mol. The van der Waals surface area contributed by atoms with Gasteiger partial charge in [-0.3, -0.25) is 14.4 Å². The second-order valence-electron chi connectivity index (χ2n) is 5.70. The molecule has 1 heterocycles.